The smallest absolute Gasteiger partial charge is 0.274 e. The van der Waals surface area contributed by atoms with Crippen molar-refractivity contribution in [3.63, 3.8) is 0 Å². The first kappa shape index (κ1) is 18.6. The predicted octanol–water partition coefficient (Wildman–Crippen LogP) is 2.19. The summed E-state index contributed by atoms with van der Waals surface area (Å²) in [7, 11) is -0.879. The molecular formula is C18H17N3O5S. The fourth-order valence-electron chi connectivity index (χ4n) is 2.54. The van der Waals surface area contributed by atoms with Gasteiger partial charge in [0.1, 0.15) is 0 Å². The number of anilines is 1. The number of amides is 1. The Balaban J connectivity index is 1.95. The molecule has 0 aliphatic heterocycles. The second kappa shape index (κ2) is 7.22. The molecule has 1 heterocycles. The fourth-order valence-corrected chi connectivity index (χ4v) is 3.77. The molecule has 0 atom stereocenters. The summed E-state index contributed by atoms with van der Waals surface area (Å²) < 4.78 is 32.1. The zero-order chi connectivity index (χ0) is 19.6. The maximum absolute atomic E-state index is 12.9. The normalized spacial score (nSPS) is 11.2. The van der Waals surface area contributed by atoms with Crippen LogP contribution >= 0.6 is 0 Å². The third kappa shape index (κ3) is 3.55. The van der Waals surface area contributed by atoms with Crippen molar-refractivity contribution in [2.75, 3.05) is 18.5 Å². The van der Waals surface area contributed by atoms with E-state index in [4.69, 9.17) is 9.94 Å². The van der Waals surface area contributed by atoms with Gasteiger partial charge in [-0.05, 0) is 48.5 Å². The van der Waals surface area contributed by atoms with Crippen molar-refractivity contribution in [1.82, 2.24) is 10.5 Å². The molecule has 2 N–H and O–H groups in total. The molecule has 27 heavy (non-hydrogen) atoms. The number of nitrogens with zero attached hydrogens (tertiary/aromatic N) is 2. The van der Waals surface area contributed by atoms with Crippen molar-refractivity contribution in [3.05, 3.63) is 60.2 Å². The molecule has 3 rings (SSSR count). The molecule has 0 radical (unpaired) electrons. The van der Waals surface area contributed by atoms with E-state index in [0.29, 0.717) is 22.5 Å². The number of hydrogen-bond acceptors (Lipinski definition) is 6. The standard InChI is InChI=1S/C18H17N3O5S/c1-21(14-6-3-12(4-7-14)18(22)20-23)27(24,25)15-8-9-16-13(11-15)5-10-17(19-16)26-2/h3-11,23H,1-2H3,(H,20,22). The average molecular weight is 387 g/mol. The molecule has 0 aliphatic rings. The lowest BCUT2D eigenvalue weighted by Crippen LogP contribution is -2.26. The molecular weight excluding hydrogens is 370 g/mol. The van der Waals surface area contributed by atoms with Gasteiger partial charge in [0.2, 0.25) is 5.88 Å². The molecule has 0 bridgehead atoms. The molecule has 2 aromatic carbocycles. The van der Waals surface area contributed by atoms with E-state index in [1.165, 1.54) is 50.0 Å². The van der Waals surface area contributed by atoms with Crippen LogP contribution in [0.25, 0.3) is 10.9 Å². The summed E-state index contributed by atoms with van der Waals surface area (Å²) in [6.07, 6.45) is 0. The number of methoxy groups -OCH3 is 1. The van der Waals surface area contributed by atoms with E-state index in [-0.39, 0.29) is 10.5 Å². The van der Waals surface area contributed by atoms with E-state index in [1.54, 1.807) is 24.3 Å². The number of ether oxygens (including phenoxy) is 1. The number of pyridine rings is 1. The Hall–Kier alpha value is -3.17. The Morgan fingerprint density at radius 1 is 1.11 bits per heavy atom. The minimum absolute atomic E-state index is 0.113. The van der Waals surface area contributed by atoms with E-state index in [0.717, 1.165) is 4.31 Å². The van der Waals surface area contributed by atoms with Crippen molar-refractivity contribution in [1.29, 1.82) is 0 Å². The highest BCUT2D eigenvalue weighted by Gasteiger charge is 2.22. The summed E-state index contributed by atoms with van der Waals surface area (Å²) in [4.78, 5) is 15.8. The SMILES string of the molecule is COc1ccc2cc(S(=O)(=O)N(C)c3ccc(C(=O)NO)cc3)ccc2n1. The molecule has 140 valence electrons. The van der Waals surface area contributed by atoms with Gasteiger partial charge in [-0.15, -0.1) is 0 Å². The topological polar surface area (TPSA) is 109 Å². The lowest BCUT2D eigenvalue weighted by molar-refractivity contribution is 0.0706. The van der Waals surface area contributed by atoms with Gasteiger partial charge in [-0.1, -0.05) is 0 Å². The minimum Gasteiger partial charge on any atom is -0.481 e. The summed E-state index contributed by atoms with van der Waals surface area (Å²) in [5.74, 6) is -0.230. The number of benzene rings is 2. The summed E-state index contributed by atoms with van der Waals surface area (Å²) in [6.45, 7) is 0. The van der Waals surface area contributed by atoms with E-state index >= 15 is 0 Å². The van der Waals surface area contributed by atoms with Crippen LogP contribution in [0.3, 0.4) is 0 Å². The third-order valence-corrected chi connectivity index (χ3v) is 5.88. The van der Waals surface area contributed by atoms with Crippen LogP contribution in [0.2, 0.25) is 0 Å². The summed E-state index contributed by atoms with van der Waals surface area (Å²) >= 11 is 0. The van der Waals surface area contributed by atoms with Crippen LogP contribution in [0.15, 0.2) is 59.5 Å². The highest BCUT2D eigenvalue weighted by molar-refractivity contribution is 7.92. The van der Waals surface area contributed by atoms with Gasteiger partial charge in [-0.3, -0.25) is 14.3 Å². The molecule has 3 aromatic rings. The Labute approximate surface area is 156 Å². The number of fused-ring (bicyclic) bond motifs is 1. The Bertz CT molecular complexity index is 1100. The summed E-state index contributed by atoms with van der Waals surface area (Å²) in [5, 5.41) is 9.31. The number of nitrogens with one attached hydrogen (secondary N) is 1. The van der Waals surface area contributed by atoms with Crippen LogP contribution in [0.4, 0.5) is 5.69 Å². The fraction of sp³-hybridized carbons (Fsp3) is 0.111. The zero-order valence-electron chi connectivity index (χ0n) is 14.6. The number of aromatic nitrogens is 1. The molecule has 8 nitrogen and oxygen atoms in total. The second-order valence-electron chi connectivity index (χ2n) is 5.67. The number of carbonyl (C=O) groups excluding carboxylic acids is 1. The van der Waals surface area contributed by atoms with Crippen LogP contribution < -0.4 is 14.5 Å². The average Bonchev–Trinajstić information content (AvgIpc) is 2.71. The first-order chi connectivity index (χ1) is 12.9. The van der Waals surface area contributed by atoms with Gasteiger partial charge >= 0.3 is 0 Å². The Morgan fingerprint density at radius 3 is 2.44 bits per heavy atom. The van der Waals surface area contributed by atoms with Crippen LogP contribution in [-0.2, 0) is 10.0 Å². The van der Waals surface area contributed by atoms with Gasteiger partial charge < -0.3 is 4.74 Å². The molecule has 0 saturated heterocycles. The van der Waals surface area contributed by atoms with Crippen molar-refractivity contribution < 1.29 is 23.2 Å². The quantitative estimate of drug-likeness (QED) is 0.513. The molecule has 0 unspecified atom stereocenters. The van der Waals surface area contributed by atoms with Crippen molar-refractivity contribution in [2.24, 2.45) is 0 Å². The third-order valence-electron chi connectivity index (χ3n) is 4.10. The molecule has 0 spiro atoms. The van der Waals surface area contributed by atoms with Gasteiger partial charge in [0.15, 0.2) is 0 Å². The summed E-state index contributed by atoms with van der Waals surface area (Å²) in [5.41, 5.74) is 2.73. The van der Waals surface area contributed by atoms with Gasteiger partial charge in [-0.25, -0.2) is 18.9 Å². The van der Waals surface area contributed by atoms with Crippen molar-refractivity contribution in [3.8, 4) is 5.88 Å². The number of rotatable bonds is 5. The van der Waals surface area contributed by atoms with E-state index in [2.05, 4.69) is 4.98 Å². The molecule has 9 heteroatoms. The maximum atomic E-state index is 12.9. The highest BCUT2D eigenvalue weighted by Crippen LogP contribution is 2.25. The van der Waals surface area contributed by atoms with Gasteiger partial charge in [0.05, 0.1) is 23.2 Å². The van der Waals surface area contributed by atoms with Crippen LogP contribution in [-0.4, -0.2) is 38.7 Å². The van der Waals surface area contributed by atoms with Gasteiger partial charge in [-0.2, -0.15) is 0 Å². The molecule has 1 aromatic heterocycles. The Morgan fingerprint density at radius 2 is 1.81 bits per heavy atom. The molecule has 0 saturated carbocycles. The van der Waals surface area contributed by atoms with Crippen LogP contribution in [0.5, 0.6) is 5.88 Å². The number of hydrogen-bond donors (Lipinski definition) is 2. The zero-order valence-corrected chi connectivity index (χ0v) is 15.4. The lowest BCUT2D eigenvalue weighted by Gasteiger charge is -2.20. The monoisotopic (exact) mass is 387 g/mol. The van der Waals surface area contributed by atoms with E-state index in [9.17, 15) is 13.2 Å². The van der Waals surface area contributed by atoms with Crippen molar-refractivity contribution in [2.45, 2.75) is 4.90 Å². The predicted molar refractivity (Wildman–Crippen MR) is 99.6 cm³/mol. The van der Waals surface area contributed by atoms with Crippen molar-refractivity contribution >= 4 is 32.5 Å². The number of hydroxylamine groups is 1. The van der Waals surface area contributed by atoms with Crippen LogP contribution in [0.1, 0.15) is 10.4 Å². The minimum atomic E-state index is -3.81. The first-order valence-corrected chi connectivity index (χ1v) is 9.29. The molecule has 0 aliphatic carbocycles. The van der Waals surface area contributed by atoms with Crippen LogP contribution in [0, 0.1) is 0 Å². The highest BCUT2D eigenvalue weighted by atomic mass is 32.2. The van der Waals surface area contributed by atoms with Gasteiger partial charge in [0.25, 0.3) is 15.9 Å². The Kier molecular flexibility index (Phi) is 4.98. The summed E-state index contributed by atoms with van der Waals surface area (Å²) in [6, 6.07) is 13.8. The number of carbonyl (C=O) groups is 1. The lowest BCUT2D eigenvalue weighted by atomic mass is 10.2. The number of sulfonamides is 1. The molecule has 0 fully saturated rings. The largest absolute Gasteiger partial charge is 0.481 e. The molecule has 1 amide bonds. The van der Waals surface area contributed by atoms with E-state index < -0.39 is 15.9 Å². The van der Waals surface area contributed by atoms with E-state index in [1.807, 2.05) is 0 Å². The van der Waals surface area contributed by atoms with Gasteiger partial charge in [0, 0.05) is 24.1 Å². The maximum Gasteiger partial charge on any atom is 0.274 e. The second-order valence-corrected chi connectivity index (χ2v) is 7.64. The first-order valence-electron chi connectivity index (χ1n) is 7.85.